The molecule has 0 aliphatic heterocycles. The summed E-state index contributed by atoms with van der Waals surface area (Å²) in [7, 11) is 0. The Balaban J connectivity index is 2.69. The van der Waals surface area contributed by atoms with Gasteiger partial charge in [0, 0.05) is 0 Å². The van der Waals surface area contributed by atoms with Crippen LogP contribution >= 0.6 is 0 Å². The molecular weight excluding hydrogens is 304 g/mol. The molecule has 1 aromatic carbocycles. The van der Waals surface area contributed by atoms with E-state index >= 15 is 0 Å². The van der Waals surface area contributed by atoms with E-state index in [0.717, 1.165) is 0 Å². The normalized spacial score (nSPS) is 11.8. The van der Waals surface area contributed by atoms with E-state index in [0.29, 0.717) is 0 Å². The molecule has 0 fully saturated rings. The molecule has 0 aromatic heterocycles. The van der Waals surface area contributed by atoms with E-state index in [1.807, 2.05) is 38.2 Å². The van der Waals surface area contributed by atoms with Gasteiger partial charge in [-0.05, 0) is 38.1 Å². The van der Waals surface area contributed by atoms with Gasteiger partial charge in [0.15, 0.2) is 0 Å². The number of benzene rings is 1. The van der Waals surface area contributed by atoms with Gasteiger partial charge in [0.2, 0.25) is 0 Å². The van der Waals surface area contributed by atoms with Gasteiger partial charge in [-0.1, -0.05) is 48.6 Å². The van der Waals surface area contributed by atoms with Crippen LogP contribution in [-0.4, -0.2) is 25.2 Å². The highest BCUT2D eigenvalue weighted by Gasteiger charge is 2.18. The van der Waals surface area contributed by atoms with Crippen LogP contribution in [0.2, 0.25) is 0 Å². The molecule has 0 radical (unpaired) electrons. The highest BCUT2D eigenvalue weighted by Crippen LogP contribution is 2.12. The van der Waals surface area contributed by atoms with Gasteiger partial charge in [-0.25, -0.2) is 9.59 Å². The highest BCUT2D eigenvalue weighted by atomic mass is 16.5. The molecule has 0 aliphatic carbocycles. The Bertz CT molecular complexity index is 594. The molecular formula is C20H22O4. The molecule has 4 nitrogen and oxygen atoms in total. The van der Waals surface area contributed by atoms with Crippen molar-refractivity contribution in [3.8, 4) is 0 Å². The summed E-state index contributed by atoms with van der Waals surface area (Å²) in [6, 6.07) is 6.44. The number of hydrogen-bond acceptors (Lipinski definition) is 4. The molecule has 24 heavy (non-hydrogen) atoms. The van der Waals surface area contributed by atoms with Crippen molar-refractivity contribution < 1.29 is 19.1 Å². The summed E-state index contributed by atoms with van der Waals surface area (Å²) in [6.45, 7) is 4.06. The fourth-order valence-electron chi connectivity index (χ4n) is 1.73. The summed E-state index contributed by atoms with van der Waals surface area (Å²) < 4.78 is 10.3. The number of allylic oxidation sites excluding steroid dienone is 6. The van der Waals surface area contributed by atoms with Gasteiger partial charge in [-0.15, -0.1) is 0 Å². The van der Waals surface area contributed by atoms with E-state index in [4.69, 9.17) is 9.47 Å². The first kappa shape index (κ1) is 19.2. The van der Waals surface area contributed by atoms with Crippen molar-refractivity contribution in [2.24, 2.45) is 0 Å². The Hall–Kier alpha value is -2.88. The standard InChI is InChI=1S/C20H22O4/c1-3-5-7-11-15-23-19(21)17-13-9-10-14-18(17)20(22)24-16-12-8-6-4-2/h3-14H,15-16H2,1-2H3/b5-3?,6-4?,11-7-,12-8+. The maximum absolute atomic E-state index is 12.1. The third kappa shape index (κ3) is 6.92. The molecule has 0 unspecified atom stereocenters. The first-order chi connectivity index (χ1) is 11.7. The van der Waals surface area contributed by atoms with Crippen molar-refractivity contribution in [3.05, 3.63) is 84.0 Å². The van der Waals surface area contributed by atoms with Crippen molar-refractivity contribution in [3.63, 3.8) is 0 Å². The van der Waals surface area contributed by atoms with Crippen molar-refractivity contribution >= 4 is 11.9 Å². The fourth-order valence-corrected chi connectivity index (χ4v) is 1.73. The average molecular weight is 326 g/mol. The summed E-state index contributed by atoms with van der Waals surface area (Å²) in [5.41, 5.74) is 0.388. The van der Waals surface area contributed by atoms with E-state index in [1.54, 1.807) is 48.6 Å². The van der Waals surface area contributed by atoms with E-state index in [1.165, 1.54) is 0 Å². The van der Waals surface area contributed by atoms with Crippen LogP contribution in [-0.2, 0) is 9.47 Å². The lowest BCUT2D eigenvalue weighted by molar-refractivity contribution is 0.0503. The second-order valence-corrected chi connectivity index (χ2v) is 4.65. The van der Waals surface area contributed by atoms with E-state index < -0.39 is 11.9 Å². The molecule has 0 heterocycles. The molecule has 0 amide bonds. The molecule has 0 N–H and O–H groups in total. The summed E-state index contributed by atoms with van der Waals surface area (Å²) in [5.74, 6) is -1.12. The largest absolute Gasteiger partial charge is 0.458 e. The number of hydrogen-bond donors (Lipinski definition) is 0. The van der Waals surface area contributed by atoms with Crippen molar-refractivity contribution in [2.45, 2.75) is 13.8 Å². The molecule has 0 spiro atoms. The smallest absolute Gasteiger partial charge is 0.339 e. The number of carbonyl (C=O) groups excluding carboxylic acids is 2. The minimum absolute atomic E-state index is 0.138. The summed E-state index contributed by atoms with van der Waals surface area (Å²) in [5, 5.41) is 0. The van der Waals surface area contributed by atoms with Gasteiger partial charge in [0.05, 0.1) is 11.1 Å². The summed E-state index contributed by atoms with van der Waals surface area (Å²) in [4.78, 5) is 24.2. The van der Waals surface area contributed by atoms with Gasteiger partial charge >= 0.3 is 11.9 Å². The van der Waals surface area contributed by atoms with Crippen LogP contribution in [0, 0.1) is 0 Å². The third-order valence-electron chi connectivity index (χ3n) is 2.87. The van der Waals surface area contributed by atoms with Crippen LogP contribution < -0.4 is 0 Å². The van der Waals surface area contributed by atoms with Crippen LogP contribution in [0.4, 0.5) is 0 Å². The van der Waals surface area contributed by atoms with Crippen LogP contribution in [0.15, 0.2) is 72.9 Å². The molecule has 0 bridgehead atoms. The highest BCUT2D eigenvalue weighted by molar-refractivity contribution is 6.03. The number of ether oxygens (including phenoxy) is 2. The second-order valence-electron chi connectivity index (χ2n) is 4.65. The predicted molar refractivity (Wildman–Crippen MR) is 94.9 cm³/mol. The van der Waals surface area contributed by atoms with Gasteiger partial charge in [-0.3, -0.25) is 0 Å². The number of rotatable bonds is 8. The second kappa shape index (κ2) is 11.7. The molecule has 1 rings (SSSR count). The van der Waals surface area contributed by atoms with Crippen LogP contribution in [0.1, 0.15) is 34.6 Å². The number of esters is 2. The molecule has 126 valence electrons. The zero-order valence-electron chi connectivity index (χ0n) is 14.0. The van der Waals surface area contributed by atoms with Crippen LogP contribution in [0.3, 0.4) is 0 Å². The lowest BCUT2D eigenvalue weighted by atomic mass is 10.1. The molecule has 0 aliphatic rings. The number of carbonyl (C=O) groups is 2. The first-order valence-corrected chi connectivity index (χ1v) is 7.69. The Kier molecular flexibility index (Phi) is 9.31. The van der Waals surface area contributed by atoms with E-state index in [-0.39, 0.29) is 24.3 Å². The molecule has 4 heteroatoms. The maximum Gasteiger partial charge on any atom is 0.339 e. The Morgan fingerprint density at radius 3 is 1.58 bits per heavy atom. The lowest BCUT2D eigenvalue weighted by Crippen LogP contribution is -2.14. The summed E-state index contributed by atoms with van der Waals surface area (Å²) >= 11 is 0. The monoisotopic (exact) mass is 326 g/mol. The fraction of sp³-hybridized carbons (Fsp3) is 0.200. The van der Waals surface area contributed by atoms with Gasteiger partial charge in [-0.2, -0.15) is 0 Å². The van der Waals surface area contributed by atoms with Crippen LogP contribution in [0.25, 0.3) is 0 Å². The van der Waals surface area contributed by atoms with Gasteiger partial charge in [0.25, 0.3) is 0 Å². The maximum atomic E-state index is 12.1. The Morgan fingerprint density at radius 2 is 1.21 bits per heavy atom. The van der Waals surface area contributed by atoms with Crippen molar-refractivity contribution in [1.82, 2.24) is 0 Å². The minimum Gasteiger partial charge on any atom is -0.458 e. The van der Waals surface area contributed by atoms with Crippen LogP contribution in [0.5, 0.6) is 0 Å². The zero-order valence-corrected chi connectivity index (χ0v) is 14.0. The zero-order chi connectivity index (χ0) is 17.6. The lowest BCUT2D eigenvalue weighted by Gasteiger charge is -2.08. The third-order valence-corrected chi connectivity index (χ3v) is 2.87. The molecule has 0 saturated carbocycles. The predicted octanol–water partition coefficient (Wildman–Crippen LogP) is 4.26. The average Bonchev–Trinajstić information content (AvgIpc) is 2.61. The van der Waals surface area contributed by atoms with Gasteiger partial charge in [0.1, 0.15) is 13.2 Å². The topological polar surface area (TPSA) is 52.6 Å². The Labute approximate surface area is 142 Å². The first-order valence-electron chi connectivity index (χ1n) is 7.69. The minimum atomic E-state index is -0.558. The molecule has 0 saturated heterocycles. The Morgan fingerprint density at radius 1 is 0.792 bits per heavy atom. The van der Waals surface area contributed by atoms with E-state index in [2.05, 4.69) is 0 Å². The SMILES string of the molecule is CC=C/C=C\COC(=O)c1ccccc1C(=O)OC/C=C/C=CC. The van der Waals surface area contributed by atoms with Gasteiger partial charge < -0.3 is 9.47 Å². The van der Waals surface area contributed by atoms with Crippen molar-refractivity contribution in [1.29, 1.82) is 0 Å². The van der Waals surface area contributed by atoms with Crippen molar-refractivity contribution in [2.75, 3.05) is 13.2 Å². The molecule has 0 atom stereocenters. The van der Waals surface area contributed by atoms with E-state index in [9.17, 15) is 9.59 Å². The molecule has 1 aromatic rings. The summed E-state index contributed by atoms with van der Waals surface area (Å²) in [6.07, 6.45) is 14.4. The quantitative estimate of drug-likeness (QED) is 0.529.